The van der Waals surface area contributed by atoms with E-state index in [2.05, 4.69) is 5.32 Å². The maximum absolute atomic E-state index is 12.7. The van der Waals surface area contributed by atoms with Gasteiger partial charge in [-0.05, 0) is 30.7 Å². The van der Waals surface area contributed by atoms with Crippen LogP contribution in [0, 0.1) is 11.7 Å². The van der Waals surface area contributed by atoms with E-state index < -0.39 is 11.9 Å². The number of carbonyl (C=O) groups excluding carboxylic acids is 1. The highest BCUT2D eigenvalue weighted by Gasteiger charge is 2.12. The zero-order valence-corrected chi connectivity index (χ0v) is 10.8. The molecule has 0 spiro atoms. The first-order chi connectivity index (χ1) is 8.90. The number of halogens is 1. The summed E-state index contributed by atoms with van der Waals surface area (Å²) in [4.78, 5) is 22.3. The normalized spacial score (nSPS) is 12.9. The molecule has 0 saturated heterocycles. The van der Waals surface area contributed by atoms with Gasteiger partial charge in [-0.25, -0.2) is 4.39 Å². The van der Waals surface area contributed by atoms with Crippen molar-refractivity contribution in [2.45, 2.75) is 13.8 Å². The van der Waals surface area contributed by atoms with Crippen molar-refractivity contribution in [2.24, 2.45) is 5.92 Å². The molecule has 1 rings (SSSR count). The van der Waals surface area contributed by atoms with Crippen LogP contribution >= 0.6 is 0 Å². The van der Waals surface area contributed by atoms with Crippen LogP contribution < -0.4 is 5.32 Å². The third-order valence-corrected chi connectivity index (χ3v) is 2.60. The number of hydrogen-bond acceptors (Lipinski definition) is 2. The molecule has 2 N–H and O–H groups in total. The van der Waals surface area contributed by atoms with Gasteiger partial charge in [0.15, 0.2) is 0 Å². The van der Waals surface area contributed by atoms with Crippen molar-refractivity contribution in [3.05, 3.63) is 41.2 Å². The Balaban J connectivity index is 2.61. The smallest absolute Gasteiger partial charge is 0.308 e. The molecule has 0 heterocycles. The van der Waals surface area contributed by atoms with Gasteiger partial charge in [0.25, 0.3) is 0 Å². The van der Waals surface area contributed by atoms with Gasteiger partial charge < -0.3 is 10.4 Å². The summed E-state index contributed by atoms with van der Waals surface area (Å²) in [7, 11) is 0. The van der Waals surface area contributed by atoms with Gasteiger partial charge in [-0.15, -0.1) is 0 Å². The molecule has 4 nitrogen and oxygen atoms in total. The summed E-state index contributed by atoms with van der Waals surface area (Å²) < 4.78 is 12.7. The Morgan fingerprint density at radius 3 is 2.47 bits per heavy atom. The zero-order valence-electron chi connectivity index (χ0n) is 10.8. The summed E-state index contributed by atoms with van der Waals surface area (Å²) >= 11 is 0. The topological polar surface area (TPSA) is 66.4 Å². The lowest BCUT2D eigenvalue weighted by atomic mass is 10.1. The van der Waals surface area contributed by atoms with Gasteiger partial charge in [-0.2, -0.15) is 0 Å². The number of rotatable bonds is 5. The van der Waals surface area contributed by atoms with Crippen LogP contribution in [0.2, 0.25) is 0 Å². The van der Waals surface area contributed by atoms with Crippen LogP contribution in [0.25, 0.3) is 6.08 Å². The molecule has 0 aliphatic carbocycles. The van der Waals surface area contributed by atoms with Crippen molar-refractivity contribution in [1.82, 2.24) is 5.32 Å². The van der Waals surface area contributed by atoms with Gasteiger partial charge in [0.1, 0.15) is 5.82 Å². The van der Waals surface area contributed by atoms with Crippen LogP contribution in [0.1, 0.15) is 19.4 Å². The molecule has 1 unspecified atom stereocenters. The molecule has 0 bridgehead atoms. The van der Waals surface area contributed by atoms with Crippen molar-refractivity contribution < 1.29 is 19.1 Å². The van der Waals surface area contributed by atoms with Crippen LogP contribution in [0.15, 0.2) is 29.8 Å². The molecule has 1 atom stereocenters. The molecule has 19 heavy (non-hydrogen) atoms. The first-order valence-electron chi connectivity index (χ1n) is 5.85. The number of aliphatic carboxylic acids is 1. The van der Waals surface area contributed by atoms with E-state index >= 15 is 0 Å². The average Bonchev–Trinajstić information content (AvgIpc) is 2.37. The van der Waals surface area contributed by atoms with Gasteiger partial charge in [-0.1, -0.05) is 19.1 Å². The van der Waals surface area contributed by atoms with Crippen LogP contribution in [0.5, 0.6) is 0 Å². The highest BCUT2D eigenvalue weighted by atomic mass is 19.1. The molecule has 5 heteroatoms. The van der Waals surface area contributed by atoms with E-state index in [1.807, 2.05) is 0 Å². The Bertz CT molecular complexity index is 494. The van der Waals surface area contributed by atoms with Gasteiger partial charge >= 0.3 is 5.97 Å². The van der Waals surface area contributed by atoms with Crippen LogP contribution in [0.4, 0.5) is 4.39 Å². The van der Waals surface area contributed by atoms with Crippen molar-refractivity contribution in [3.8, 4) is 0 Å². The second-order valence-electron chi connectivity index (χ2n) is 4.33. The van der Waals surface area contributed by atoms with Crippen molar-refractivity contribution in [3.63, 3.8) is 0 Å². The summed E-state index contributed by atoms with van der Waals surface area (Å²) in [6.45, 7) is 3.20. The zero-order chi connectivity index (χ0) is 14.4. The number of amides is 1. The lowest BCUT2D eigenvalue weighted by Crippen LogP contribution is -2.31. The molecular weight excluding hydrogens is 249 g/mol. The van der Waals surface area contributed by atoms with Crippen LogP contribution in [-0.4, -0.2) is 23.5 Å². The number of benzene rings is 1. The Morgan fingerprint density at radius 2 is 1.95 bits per heavy atom. The molecule has 1 aromatic rings. The SMILES string of the molecule is CC(=Cc1ccc(F)cc1)C(=O)NCC(C)C(=O)O. The van der Waals surface area contributed by atoms with E-state index in [-0.39, 0.29) is 18.3 Å². The first-order valence-corrected chi connectivity index (χ1v) is 5.85. The fourth-order valence-electron chi connectivity index (χ4n) is 1.35. The second-order valence-corrected chi connectivity index (χ2v) is 4.33. The van der Waals surface area contributed by atoms with Gasteiger partial charge in [0.2, 0.25) is 5.91 Å². The fraction of sp³-hybridized carbons (Fsp3) is 0.286. The Kier molecular flexibility index (Phi) is 5.23. The number of carboxylic acid groups (broad SMARTS) is 1. The molecule has 102 valence electrons. The average molecular weight is 265 g/mol. The summed E-state index contributed by atoms with van der Waals surface area (Å²) in [6, 6.07) is 5.74. The Labute approximate surface area is 110 Å². The maximum atomic E-state index is 12.7. The minimum Gasteiger partial charge on any atom is -0.481 e. The molecule has 1 amide bonds. The third kappa shape index (κ3) is 4.91. The molecular formula is C14H16FNO3. The summed E-state index contributed by atoms with van der Waals surface area (Å²) in [5.41, 5.74) is 1.14. The van der Waals surface area contributed by atoms with E-state index in [0.717, 1.165) is 0 Å². The minimum atomic E-state index is -0.958. The number of hydrogen-bond donors (Lipinski definition) is 2. The minimum absolute atomic E-state index is 0.0722. The van der Waals surface area contributed by atoms with E-state index in [1.54, 1.807) is 25.1 Å². The quantitative estimate of drug-likeness (QED) is 0.801. The third-order valence-electron chi connectivity index (χ3n) is 2.60. The van der Waals surface area contributed by atoms with Crippen molar-refractivity contribution in [2.75, 3.05) is 6.54 Å². The van der Waals surface area contributed by atoms with E-state index in [4.69, 9.17) is 5.11 Å². The molecule has 0 aliphatic heterocycles. The predicted molar refractivity (Wildman–Crippen MR) is 69.9 cm³/mol. The van der Waals surface area contributed by atoms with E-state index in [9.17, 15) is 14.0 Å². The molecule has 1 aromatic carbocycles. The largest absolute Gasteiger partial charge is 0.481 e. The van der Waals surface area contributed by atoms with Crippen molar-refractivity contribution >= 4 is 18.0 Å². The number of carboxylic acids is 1. The predicted octanol–water partition coefficient (Wildman–Crippen LogP) is 2.07. The van der Waals surface area contributed by atoms with E-state index in [0.29, 0.717) is 11.1 Å². The molecule has 0 saturated carbocycles. The van der Waals surface area contributed by atoms with Gasteiger partial charge in [0.05, 0.1) is 5.92 Å². The van der Waals surface area contributed by atoms with Gasteiger partial charge in [0, 0.05) is 12.1 Å². The van der Waals surface area contributed by atoms with Crippen molar-refractivity contribution in [1.29, 1.82) is 0 Å². The summed E-state index contributed by atoms with van der Waals surface area (Å²) in [6.07, 6.45) is 1.61. The number of carbonyl (C=O) groups is 2. The van der Waals surface area contributed by atoms with Crippen LogP contribution in [-0.2, 0) is 9.59 Å². The lowest BCUT2D eigenvalue weighted by molar-refractivity contribution is -0.141. The molecule has 0 radical (unpaired) electrons. The maximum Gasteiger partial charge on any atom is 0.308 e. The molecule has 0 aliphatic rings. The Hall–Kier alpha value is -2.17. The lowest BCUT2D eigenvalue weighted by Gasteiger charge is -2.08. The van der Waals surface area contributed by atoms with Crippen LogP contribution in [0.3, 0.4) is 0 Å². The first kappa shape index (κ1) is 14.9. The molecule has 0 aromatic heterocycles. The summed E-state index contributed by atoms with van der Waals surface area (Å²) in [5, 5.41) is 11.2. The standard InChI is InChI=1S/C14H16FNO3/c1-9(7-11-3-5-12(15)6-4-11)13(17)16-8-10(2)14(18)19/h3-7,10H,8H2,1-2H3,(H,16,17)(H,18,19). The van der Waals surface area contributed by atoms with E-state index in [1.165, 1.54) is 19.1 Å². The monoisotopic (exact) mass is 265 g/mol. The Morgan fingerprint density at radius 1 is 1.37 bits per heavy atom. The second kappa shape index (κ2) is 6.68. The highest BCUT2D eigenvalue weighted by Crippen LogP contribution is 2.08. The fourth-order valence-corrected chi connectivity index (χ4v) is 1.35. The number of nitrogens with one attached hydrogen (secondary N) is 1. The molecule has 0 fully saturated rings. The van der Waals surface area contributed by atoms with Gasteiger partial charge in [-0.3, -0.25) is 9.59 Å². The summed E-state index contributed by atoms with van der Waals surface area (Å²) in [5.74, 6) is -2.27. The highest BCUT2D eigenvalue weighted by molar-refractivity contribution is 5.97.